The van der Waals surface area contributed by atoms with Crippen molar-refractivity contribution in [2.24, 2.45) is 42.9 Å². The Balaban J connectivity index is -0.0000000463. The number of carbonyl (C=O) groups excluding carboxylic acids is 4. The van der Waals surface area contributed by atoms with Crippen LogP contribution in [0.1, 0.15) is 27.7 Å². The summed E-state index contributed by atoms with van der Waals surface area (Å²) in [5, 5.41) is 81.2. The summed E-state index contributed by atoms with van der Waals surface area (Å²) >= 11 is 0. The molecule has 0 amide bonds. The van der Waals surface area contributed by atoms with E-state index in [1.54, 1.807) is 74.4 Å². The van der Waals surface area contributed by atoms with Crippen LogP contribution >= 0.6 is 0 Å². The quantitative estimate of drug-likeness (QED) is 0.0421. The topological polar surface area (TPSA) is 862 Å². The number of hydrogen-bond acceptors (Lipinski definition) is 26. The molecule has 6 rings (SSSR count). The Morgan fingerprint density at radius 3 is 0.457 bits per heavy atom. The molecular weight excluding hydrogens is 1430 g/mol. The molecule has 0 saturated carbocycles. The molecular formula is C50H80Cu4N14O24. The van der Waals surface area contributed by atoms with Crippen LogP contribution in [-0.4, -0.2) is 193 Å². The van der Waals surface area contributed by atoms with Crippen molar-refractivity contribution in [1.82, 2.24) is 29.9 Å². The first kappa shape index (κ1) is 129. The molecule has 4 atom stereocenters. The number of carboxylic acids is 4. The molecule has 0 unspecified atom stereocenters. The van der Waals surface area contributed by atoms with Gasteiger partial charge in [0.25, 0.3) is 0 Å². The van der Waals surface area contributed by atoms with E-state index in [2.05, 4.69) is 49.9 Å². The molecule has 6 aromatic heterocycles. The number of rotatable bonds is 15. The summed E-state index contributed by atoms with van der Waals surface area (Å²) in [5.74, 6) is -8.01. The van der Waals surface area contributed by atoms with Gasteiger partial charge in [0.1, 0.15) is 0 Å². The first-order chi connectivity index (χ1) is 36.2. The Kier molecular flexibility index (Phi) is 111. The van der Waals surface area contributed by atoms with Gasteiger partial charge in [0, 0.05) is 101 Å². The molecule has 538 valence electrons. The van der Waals surface area contributed by atoms with Crippen LogP contribution in [0.25, 0.3) is 33.4 Å². The van der Waals surface area contributed by atoms with Crippen LogP contribution in [0, 0.1) is 0 Å². The average Bonchev–Trinajstić information content (AvgIpc) is 3.45. The molecule has 0 aliphatic carbocycles. The van der Waals surface area contributed by atoms with Crippen LogP contribution < -0.4 is 63.8 Å². The number of carboxylic acid groups (broad SMARTS) is 4. The molecule has 0 spiro atoms. The molecule has 0 bridgehead atoms. The summed E-state index contributed by atoms with van der Waals surface area (Å²) in [7, 11) is 0. The molecule has 6 aromatic rings. The van der Waals surface area contributed by atoms with Crippen molar-refractivity contribution in [3.8, 4) is 33.4 Å². The summed E-state index contributed by atoms with van der Waals surface area (Å²) in [4.78, 5) is 76.2. The van der Waals surface area contributed by atoms with Gasteiger partial charge in [0.15, 0.2) is 0 Å². The molecule has 32 N–H and O–H groups in total. The minimum atomic E-state index is -1.37. The Labute approximate surface area is 569 Å². The first-order valence-corrected chi connectivity index (χ1v) is 22.2. The van der Waals surface area contributed by atoms with E-state index < -0.39 is 71.6 Å². The fraction of sp³-hybridized carbons (Fsp3) is 0.240. The Hall–Kier alpha value is -7.90. The summed E-state index contributed by atoms with van der Waals surface area (Å²) in [6.45, 7) is 3.95. The van der Waals surface area contributed by atoms with E-state index in [1.807, 2.05) is 72.8 Å². The number of hydrogen-bond donors (Lipinski definition) is 4. The van der Waals surface area contributed by atoms with Crippen molar-refractivity contribution in [3.63, 3.8) is 0 Å². The molecule has 38 nitrogen and oxygen atoms in total. The van der Waals surface area contributed by atoms with Gasteiger partial charge >= 0.3 is 68.3 Å². The maximum Gasteiger partial charge on any atom is 2.00 e. The third-order valence-corrected chi connectivity index (χ3v) is 8.50. The summed E-state index contributed by atoms with van der Waals surface area (Å²) in [6, 6.07) is 19.4. The fourth-order valence-corrected chi connectivity index (χ4v) is 4.55. The van der Waals surface area contributed by atoms with Gasteiger partial charge < -0.3 is 149 Å². The molecule has 0 aromatic carbocycles. The van der Waals surface area contributed by atoms with Gasteiger partial charge in [-0.2, -0.15) is 0 Å². The largest absolute Gasteiger partial charge is 2.00 e. The molecule has 0 aliphatic rings. The predicted octanol–water partition coefficient (Wildman–Crippen LogP) is -16.1. The second-order valence-corrected chi connectivity index (χ2v) is 14.3. The van der Waals surface area contributed by atoms with Crippen molar-refractivity contribution in [2.45, 2.75) is 51.9 Å². The van der Waals surface area contributed by atoms with E-state index >= 15 is 0 Å². The number of aromatic nitrogens is 6. The van der Waals surface area contributed by atoms with Crippen LogP contribution in [0.4, 0.5) is 0 Å². The molecule has 4 radical (unpaired) electrons. The van der Waals surface area contributed by atoms with Crippen LogP contribution in [0.3, 0.4) is 0 Å². The second-order valence-electron chi connectivity index (χ2n) is 14.3. The van der Waals surface area contributed by atoms with Crippen molar-refractivity contribution in [2.75, 3.05) is 26.2 Å². The maximum atomic E-state index is 10.3. The Morgan fingerprint density at radius 2 is 0.380 bits per heavy atom. The smallest absolute Gasteiger partial charge is 0.861 e. The van der Waals surface area contributed by atoms with Gasteiger partial charge in [-0.05, 0) is 157 Å². The zero-order valence-electron chi connectivity index (χ0n) is 48.9. The van der Waals surface area contributed by atoms with E-state index in [-0.39, 0.29) is 160 Å². The molecule has 42 heteroatoms. The van der Waals surface area contributed by atoms with Gasteiger partial charge in [0.05, 0.1) is 48.0 Å². The van der Waals surface area contributed by atoms with Gasteiger partial charge in [-0.1, -0.05) is 0 Å². The first-order valence-electron chi connectivity index (χ1n) is 22.2. The molecule has 0 aliphatic heterocycles. The standard InChI is InChI=1S/3C10H8N2.4C5H10N2O3.4Cu.12H2O/c3*1-5-11-6-2-9(1)10-3-7-12-8-4-10;4*1-3(5(9)10)7-4(8)2-6;;;;;;;;;;;;;;;;/h3*1-8H;4*3H,2,6H2,1H3,(H,7,8)(H,9,10);;;;;12*1H2/q;;;;;;;4*+2;;;;;;;;;;;;/p-8/t;;;4*3-;;;;;;;;;;;;;;;;/m...0000................/s1. The average molecular weight is 1520 g/mol. The van der Waals surface area contributed by atoms with E-state index in [1.165, 1.54) is 61.1 Å². The van der Waals surface area contributed by atoms with Crippen molar-refractivity contribution in [1.29, 1.82) is 0 Å². The summed E-state index contributed by atoms with van der Waals surface area (Å²) < 4.78 is 0. The Bertz CT molecular complexity index is 2280. The monoisotopic (exact) mass is 1510 g/mol. The second kappa shape index (κ2) is 79.2. The number of carbonyl (C=O) groups is 4. The minimum Gasteiger partial charge on any atom is -0.861 e. The van der Waals surface area contributed by atoms with Crippen molar-refractivity contribution in [3.05, 3.63) is 147 Å². The Morgan fingerprint density at radius 1 is 0.283 bits per heavy atom. The number of nitrogens with two attached hydrogens (primary N) is 4. The summed E-state index contributed by atoms with van der Waals surface area (Å²) in [6.07, 6.45) is 21.4. The van der Waals surface area contributed by atoms with Gasteiger partial charge in [-0.25, -0.2) is 0 Å². The predicted molar refractivity (Wildman–Crippen MR) is 310 cm³/mol. The fourth-order valence-electron chi connectivity index (χ4n) is 4.55. The molecule has 6 heterocycles. The molecule has 0 saturated heterocycles. The van der Waals surface area contributed by atoms with E-state index in [9.17, 15) is 60.0 Å². The SMILES string of the molecule is C[C@H](N=C([O-])CN)C(=O)[O-].C[C@H](N=C([O-])CN)C(=O)[O-].C[C@H](N=C([O-])CN)C(=O)[O-].C[C@H](N=C([O-])CN)C(=O)[O-].O.O.O.O.O.O.O.O.O.O.O.O.[Cu+2].[Cu+2].[Cu+2].[Cu+2].c1cc(-c2ccncc2)ccn1.c1cc(-c2ccncc2)ccn1.c1cc(-c2ccncc2)ccn1. The summed E-state index contributed by atoms with van der Waals surface area (Å²) in [5.41, 5.74) is 26.5. The zero-order chi connectivity index (χ0) is 57.3. The van der Waals surface area contributed by atoms with Crippen LogP contribution in [0.2, 0.25) is 0 Å². The van der Waals surface area contributed by atoms with Crippen LogP contribution in [-0.2, 0) is 87.5 Å². The molecule has 0 fully saturated rings. The van der Waals surface area contributed by atoms with Crippen LogP contribution in [0.5, 0.6) is 0 Å². The molecule has 92 heavy (non-hydrogen) atoms. The normalized spacial score (nSPS) is 10.2. The number of nitrogens with zero attached hydrogens (tertiary/aromatic N) is 10. The number of aliphatic carboxylic acids is 4. The maximum absolute atomic E-state index is 10.3. The van der Waals surface area contributed by atoms with Crippen molar-refractivity contribution < 1.29 is 194 Å². The van der Waals surface area contributed by atoms with Gasteiger partial charge in [0.2, 0.25) is 0 Å². The van der Waals surface area contributed by atoms with Gasteiger partial charge in [-0.3, -0.25) is 49.9 Å². The van der Waals surface area contributed by atoms with Crippen LogP contribution in [0.15, 0.2) is 167 Å². The van der Waals surface area contributed by atoms with E-state index in [4.69, 9.17) is 22.9 Å². The van der Waals surface area contributed by atoms with Crippen molar-refractivity contribution >= 4 is 47.5 Å². The third kappa shape index (κ3) is 63.7. The minimum absolute atomic E-state index is 0. The van der Waals surface area contributed by atoms with E-state index in [0.717, 1.165) is 0 Å². The van der Waals surface area contributed by atoms with Gasteiger partial charge in [-0.15, -0.1) is 0 Å². The van der Waals surface area contributed by atoms with E-state index in [0.29, 0.717) is 0 Å². The third-order valence-electron chi connectivity index (χ3n) is 8.50. The number of aliphatic imine (C=N–C) groups is 4. The number of pyridine rings is 6. The zero-order valence-corrected chi connectivity index (χ0v) is 52.6.